The van der Waals surface area contributed by atoms with Crippen LogP contribution in [0.15, 0.2) is 12.3 Å². The summed E-state index contributed by atoms with van der Waals surface area (Å²) < 4.78 is 24.4. The lowest BCUT2D eigenvalue weighted by molar-refractivity contribution is 0.0528. The summed E-state index contributed by atoms with van der Waals surface area (Å²) in [7, 11) is 0. The van der Waals surface area contributed by atoms with Gasteiger partial charge in [0.2, 0.25) is 0 Å². The number of carbonyl (C=O) groups is 1. The summed E-state index contributed by atoms with van der Waals surface area (Å²) in [5.41, 5.74) is -0.519. The van der Waals surface area contributed by atoms with E-state index in [1.165, 1.54) is 0 Å². The van der Waals surface area contributed by atoms with Crippen LogP contribution >= 0.6 is 11.6 Å². The molecule has 0 aliphatic carbocycles. The number of hydrogen-bond donors (Lipinski definition) is 1. The van der Waals surface area contributed by atoms with E-state index in [2.05, 4.69) is 0 Å². The number of hydrogen-bond acceptors (Lipinski definition) is 1. The van der Waals surface area contributed by atoms with Crippen LogP contribution in [0.1, 0.15) is 17.0 Å². The van der Waals surface area contributed by atoms with Crippen LogP contribution in [0.3, 0.4) is 0 Å². The Morgan fingerprint density at radius 3 is 2.58 bits per heavy atom. The third kappa shape index (κ3) is 1.55. The van der Waals surface area contributed by atoms with Gasteiger partial charge >= 0.3 is 12.5 Å². The van der Waals surface area contributed by atoms with E-state index in [-0.39, 0.29) is 5.02 Å². The first-order chi connectivity index (χ1) is 5.52. The quantitative estimate of drug-likeness (QED) is 0.786. The molecule has 0 bridgehead atoms. The molecule has 0 spiro atoms. The molecule has 3 nitrogen and oxygen atoms in total. The van der Waals surface area contributed by atoms with Crippen LogP contribution in [0.5, 0.6) is 0 Å². The summed E-state index contributed by atoms with van der Waals surface area (Å²) in [6, 6.07) is 0.968. The van der Waals surface area contributed by atoms with Crippen molar-refractivity contribution >= 4 is 17.6 Å². The molecule has 1 aromatic rings. The fourth-order valence-electron chi connectivity index (χ4n) is 0.778. The Bertz CT molecular complexity index is 310. The van der Waals surface area contributed by atoms with E-state index < -0.39 is 18.2 Å². The van der Waals surface area contributed by atoms with Crippen LogP contribution in [-0.4, -0.2) is 15.6 Å². The van der Waals surface area contributed by atoms with E-state index in [9.17, 15) is 13.6 Å². The molecule has 1 rings (SSSR count). The Labute approximate surface area is 71.2 Å². The molecule has 0 unspecified atom stereocenters. The first-order valence-corrected chi connectivity index (χ1v) is 3.29. The highest BCUT2D eigenvalue weighted by Crippen LogP contribution is 2.20. The summed E-state index contributed by atoms with van der Waals surface area (Å²) in [6.07, 6.45) is 0.871. The molecule has 1 heterocycles. The predicted octanol–water partition coefficient (Wildman–Crippen LogP) is 2.23. The molecule has 0 radical (unpaired) electrons. The van der Waals surface area contributed by atoms with Crippen molar-refractivity contribution < 1.29 is 18.7 Å². The average Bonchev–Trinajstić information content (AvgIpc) is 2.31. The van der Waals surface area contributed by atoms with Gasteiger partial charge in [-0.2, -0.15) is 8.78 Å². The molecule has 0 atom stereocenters. The second kappa shape index (κ2) is 3.10. The van der Waals surface area contributed by atoms with Gasteiger partial charge in [-0.1, -0.05) is 11.6 Å². The molecule has 0 saturated carbocycles. The number of alkyl halides is 2. The van der Waals surface area contributed by atoms with Crippen LogP contribution < -0.4 is 0 Å². The second-order valence-corrected chi connectivity index (χ2v) is 2.47. The molecule has 0 fully saturated rings. The van der Waals surface area contributed by atoms with E-state index >= 15 is 0 Å². The molecule has 0 aliphatic rings. The molecular formula is C6H4ClF2NO2. The third-order valence-electron chi connectivity index (χ3n) is 1.24. The van der Waals surface area contributed by atoms with E-state index in [0.717, 1.165) is 12.3 Å². The average molecular weight is 196 g/mol. The second-order valence-electron chi connectivity index (χ2n) is 2.03. The SMILES string of the molecule is O=C(O)c1cc(Cl)cn1C(F)F. The zero-order valence-corrected chi connectivity index (χ0v) is 6.42. The van der Waals surface area contributed by atoms with Gasteiger partial charge in [0, 0.05) is 6.20 Å². The lowest BCUT2D eigenvalue weighted by Crippen LogP contribution is -2.07. The normalized spacial score (nSPS) is 10.7. The lowest BCUT2D eigenvalue weighted by Gasteiger charge is -2.02. The fraction of sp³-hybridized carbons (Fsp3) is 0.167. The van der Waals surface area contributed by atoms with Crippen molar-refractivity contribution in [1.29, 1.82) is 0 Å². The molecule has 1 N–H and O–H groups in total. The maximum absolute atomic E-state index is 12.0. The minimum absolute atomic E-state index is 0.0206. The van der Waals surface area contributed by atoms with Gasteiger partial charge in [-0.15, -0.1) is 0 Å². The Morgan fingerprint density at radius 1 is 1.67 bits per heavy atom. The standard InChI is InChI=1S/C6H4ClF2NO2/c7-3-1-4(5(11)12)10(2-3)6(8)9/h1-2,6H,(H,11,12). The first kappa shape index (κ1) is 8.99. The molecule has 0 aromatic carbocycles. The molecule has 0 aliphatic heterocycles. The number of aromatic nitrogens is 1. The van der Waals surface area contributed by atoms with Crippen molar-refractivity contribution in [2.45, 2.75) is 6.55 Å². The summed E-state index contributed by atoms with van der Waals surface area (Å²) >= 11 is 5.34. The highest BCUT2D eigenvalue weighted by molar-refractivity contribution is 6.30. The van der Waals surface area contributed by atoms with Crippen molar-refractivity contribution in [2.24, 2.45) is 0 Å². The van der Waals surface area contributed by atoms with Gasteiger partial charge in [0.15, 0.2) is 0 Å². The van der Waals surface area contributed by atoms with Crippen molar-refractivity contribution in [1.82, 2.24) is 4.57 Å². The zero-order chi connectivity index (χ0) is 9.30. The summed E-state index contributed by atoms with van der Waals surface area (Å²) in [5.74, 6) is -1.43. The van der Waals surface area contributed by atoms with Crippen molar-refractivity contribution in [3.05, 3.63) is 23.0 Å². The number of nitrogens with zero attached hydrogens (tertiary/aromatic N) is 1. The van der Waals surface area contributed by atoms with Gasteiger partial charge in [0.1, 0.15) is 5.69 Å². The number of halogens is 3. The summed E-state index contributed by atoms with van der Waals surface area (Å²) in [6.45, 7) is -2.89. The van der Waals surface area contributed by atoms with E-state index in [1.807, 2.05) is 0 Å². The topological polar surface area (TPSA) is 42.2 Å². The van der Waals surface area contributed by atoms with Crippen molar-refractivity contribution in [3.63, 3.8) is 0 Å². The van der Waals surface area contributed by atoms with Gasteiger partial charge in [0.05, 0.1) is 5.02 Å². The molecule has 66 valence electrons. The minimum atomic E-state index is -2.89. The largest absolute Gasteiger partial charge is 0.477 e. The van der Waals surface area contributed by atoms with Gasteiger partial charge in [0.25, 0.3) is 0 Å². The molecular weight excluding hydrogens is 192 g/mol. The number of carboxylic acids is 1. The Kier molecular flexibility index (Phi) is 2.32. The minimum Gasteiger partial charge on any atom is -0.477 e. The van der Waals surface area contributed by atoms with Gasteiger partial charge < -0.3 is 5.11 Å². The van der Waals surface area contributed by atoms with Gasteiger partial charge in [-0.05, 0) is 6.07 Å². The van der Waals surface area contributed by atoms with Gasteiger partial charge in [-0.25, -0.2) is 4.79 Å². The van der Waals surface area contributed by atoms with Crippen LogP contribution in [0.25, 0.3) is 0 Å². The fourth-order valence-corrected chi connectivity index (χ4v) is 0.987. The first-order valence-electron chi connectivity index (χ1n) is 2.91. The smallest absolute Gasteiger partial charge is 0.352 e. The Hall–Kier alpha value is -1.10. The van der Waals surface area contributed by atoms with Crippen molar-refractivity contribution in [2.75, 3.05) is 0 Å². The number of aromatic carboxylic acids is 1. The van der Waals surface area contributed by atoms with E-state index in [0.29, 0.717) is 4.57 Å². The summed E-state index contributed by atoms with van der Waals surface area (Å²) in [4.78, 5) is 10.3. The molecule has 1 aromatic heterocycles. The van der Waals surface area contributed by atoms with Crippen molar-refractivity contribution in [3.8, 4) is 0 Å². The molecule has 12 heavy (non-hydrogen) atoms. The number of carboxylic acid groups (broad SMARTS) is 1. The highest BCUT2D eigenvalue weighted by atomic mass is 35.5. The Morgan fingerprint density at radius 2 is 2.25 bits per heavy atom. The van der Waals surface area contributed by atoms with E-state index in [4.69, 9.17) is 16.7 Å². The van der Waals surface area contributed by atoms with Crippen LogP contribution in [0.4, 0.5) is 8.78 Å². The van der Waals surface area contributed by atoms with E-state index in [1.54, 1.807) is 0 Å². The third-order valence-corrected chi connectivity index (χ3v) is 1.45. The number of rotatable bonds is 2. The maximum Gasteiger partial charge on any atom is 0.352 e. The molecule has 0 amide bonds. The molecule has 0 saturated heterocycles. The van der Waals surface area contributed by atoms with Crippen LogP contribution in [0, 0.1) is 0 Å². The van der Waals surface area contributed by atoms with Crippen LogP contribution in [0.2, 0.25) is 5.02 Å². The zero-order valence-electron chi connectivity index (χ0n) is 5.67. The van der Waals surface area contributed by atoms with Crippen LogP contribution in [-0.2, 0) is 0 Å². The maximum atomic E-state index is 12.0. The monoisotopic (exact) mass is 195 g/mol. The predicted molar refractivity (Wildman–Crippen MR) is 37.7 cm³/mol. The Balaban J connectivity index is 3.17. The lowest BCUT2D eigenvalue weighted by atomic mass is 10.4. The van der Waals surface area contributed by atoms with Gasteiger partial charge in [-0.3, -0.25) is 4.57 Å². The molecule has 6 heteroatoms. The summed E-state index contributed by atoms with van der Waals surface area (Å²) in [5, 5.41) is 8.39. The highest BCUT2D eigenvalue weighted by Gasteiger charge is 2.17.